The van der Waals surface area contributed by atoms with Crippen LogP contribution in [-0.4, -0.2) is 64.8 Å². The molecule has 2 fully saturated rings. The number of benzene rings is 2. The molecule has 0 saturated carbocycles. The Bertz CT molecular complexity index is 949. The van der Waals surface area contributed by atoms with Crippen LogP contribution in [0.4, 0.5) is 15.8 Å². The Morgan fingerprint density at radius 2 is 1.69 bits per heavy atom. The van der Waals surface area contributed by atoms with E-state index in [-0.39, 0.29) is 18.0 Å². The van der Waals surface area contributed by atoms with E-state index in [1.54, 1.807) is 19.2 Å². The van der Waals surface area contributed by atoms with Gasteiger partial charge in [-0.05, 0) is 56.7 Å². The Kier molecular flexibility index (Phi) is 9.32. The van der Waals surface area contributed by atoms with Gasteiger partial charge in [-0.15, -0.1) is 0 Å². The summed E-state index contributed by atoms with van der Waals surface area (Å²) in [6, 6.07) is 13.8. The van der Waals surface area contributed by atoms with Crippen LogP contribution in [0.15, 0.2) is 42.5 Å². The summed E-state index contributed by atoms with van der Waals surface area (Å²) in [4.78, 5) is 4.52. The number of anilines is 2. The number of hydrogen-bond acceptors (Lipinski definition) is 6. The standard InChI is InChI=1S/C29H41FN2O4/c1-5-34-26-11-12-27(30)28(19-26)31-15-13-25(14-16-31)36-24-9-7-23(8-10-24)32-20-29(21(2)22(32)3)35-18-6-17-33-4/h7-12,19,21-22,25,29H,5-6,13-18,20H2,1-4H3/t21?,22-,29-/m0/s1. The zero-order valence-corrected chi connectivity index (χ0v) is 22.1. The van der Waals surface area contributed by atoms with Crippen LogP contribution in [0.25, 0.3) is 0 Å². The lowest BCUT2D eigenvalue weighted by atomic mass is 10.0. The molecular weight excluding hydrogens is 459 g/mol. The van der Waals surface area contributed by atoms with E-state index in [0.717, 1.165) is 57.9 Å². The normalized spacial score (nSPS) is 22.8. The SMILES string of the molecule is CCOc1ccc(F)c(N2CCC(Oc3ccc(N4C[C@H](OCCCOC)C(C)[C@@H]4C)cc3)CC2)c1. The van der Waals surface area contributed by atoms with Gasteiger partial charge < -0.3 is 28.7 Å². The molecule has 2 aromatic rings. The van der Waals surface area contributed by atoms with Crippen LogP contribution in [0, 0.1) is 11.7 Å². The number of piperidine rings is 1. The Morgan fingerprint density at radius 1 is 0.972 bits per heavy atom. The highest BCUT2D eigenvalue weighted by molar-refractivity contribution is 5.53. The van der Waals surface area contributed by atoms with Gasteiger partial charge in [0.25, 0.3) is 0 Å². The fraction of sp³-hybridized carbons (Fsp3) is 0.586. The molecule has 2 saturated heterocycles. The van der Waals surface area contributed by atoms with E-state index in [4.69, 9.17) is 18.9 Å². The Morgan fingerprint density at radius 3 is 2.39 bits per heavy atom. The molecular formula is C29H41FN2O4. The highest BCUT2D eigenvalue weighted by Crippen LogP contribution is 2.33. The van der Waals surface area contributed by atoms with E-state index in [0.29, 0.717) is 30.0 Å². The summed E-state index contributed by atoms with van der Waals surface area (Å²) in [7, 11) is 1.72. The first-order chi connectivity index (χ1) is 17.5. The van der Waals surface area contributed by atoms with Gasteiger partial charge in [0.15, 0.2) is 0 Å². The Balaban J connectivity index is 1.28. The average Bonchev–Trinajstić information content (AvgIpc) is 3.17. The predicted molar refractivity (Wildman–Crippen MR) is 142 cm³/mol. The van der Waals surface area contributed by atoms with Gasteiger partial charge in [-0.3, -0.25) is 0 Å². The number of halogens is 1. The molecule has 0 aliphatic carbocycles. The minimum Gasteiger partial charge on any atom is -0.494 e. The molecule has 2 aliphatic heterocycles. The molecule has 0 aromatic heterocycles. The molecule has 2 aromatic carbocycles. The van der Waals surface area contributed by atoms with Gasteiger partial charge in [0.1, 0.15) is 23.4 Å². The third kappa shape index (κ3) is 6.43. The van der Waals surface area contributed by atoms with Crippen LogP contribution in [0.5, 0.6) is 11.5 Å². The van der Waals surface area contributed by atoms with E-state index >= 15 is 0 Å². The van der Waals surface area contributed by atoms with Crippen molar-refractivity contribution in [1.82, 2.24) is 0 Å². The van der Waals surface area contributed by atoms with Gasteiger partial charge in [-0.25, -0.2) is 4.39 Å². The second kappa shape index (κ2) is 12.6. The smallest absolute Gasteiger partial charge is 0.146 e. The molecule has 0 bridgehead atoms. The second-order valence-corrected chi connectivity index (χ2v) is 9.85. The van der Waals surface area contributed by atoms with Crippen molar-refractivity contribution in [2.45, 2.75) is 58.3 Å². The van der Waals surface area contributed by atoms with Crippen molar-refractivity contribution in [3.8, 4) is 11.5 Å². The summed E-state index contributed by atoms with van der Waals surface area (Å²) >= 11 is 0. The third-order valence-electron chi connectivity index (χ3n) is 7.52. The van der Waals surface area contributed by atoms with E-state index in [2.05, 4.69) is 47.9 Å². The zero-order chi connectivity index (χ0) is 25.5. The molecule has 0 amide bonds. The Labute approximate surface area is 215 Å². The fourth-order valence-corrected chi connectivity index (χ4v) is 5.22. The minimum atomic E-state index is -0.207. The highest BCUT2D eigenvalue weighted by Gasteiger charge is 2.37. The highest BCUT2D eigenvalue weighted by atomic mass is 19.1. The number of rotatable bonds is 11. The zero-order valence-electron chi connectivity index (χ0n) is 22.1. The second-order valence-electron chi connectivity index (χ2n) is 9.85. The van der Waals surface area contributed by atoms with Crippen molar-refractivity contribution < 1.29 is 23.3 Å². The van der Waals surface area contributed by atoms with Gasteiger partial charge in [-0.2, -0.15) is 0 Å². The first-order valence-corrected chi connectivity index (χ1v) is 13.3. The van der Waals surface area contributed by atoms with Gasteiger partial charge in [-0.1, -0.05) is 6.92 Å². The summed E-state index contributed by atoms with van der Waals surface area (Å²) in [5, 5.41) is 0. The van der Waals surface area contributed by atoms with Crippen LogP contribution in [0.3, 0.4) is 0 Å². The first kappa shape index (κ1) is 26.6. The molecule has 3 atom stereocenters. The quantitative estimate of drug-likeness (QED) is 0.378. The minimum absolute atomic E-state index is 0.126. The van der Waals surface area contributed by atoms with Crippen molar-refractivity contribution in [2.24, 2.45) is 5.92 Å². The van der Waals surface area contributed by atoms with Gasteiger partial charge in [0, 0.05) is 76.5 Å². The molecule has 2 heterocycles. The van der Waals surface area contributed by atoms with Crippen LogP contribution in [-0.2, 0) is 9.47 Å². The molecule has 2 aliphatic rings. The predicted octanol–water partition coefficient (Wildman–Crippen LogP) is 5.54. The Hall–Kier alpha value is -2.51. The maximum absolute atomic E-state index is 14.4. The number of hydrogen-bond donors (Lipinski definition) is 0. The third-order valence-corrected chi connectivity index (χ3v) is 7.52. The lowest BCUT2D eigenvalue weighted by Gasteiger charge is -2.34. The fourth-order valence-electron chi connectivity index (χ4n) is 5.22. The first-order valence-electron chi connectivity index (χ1n) is 13.3. The summed E-state index contributed by atoms with van der Waals surface area (Å²) in [6.07, 6.45) is 2.98. The van der Waals surface area contributed by atoms with Gasteiger partial charge in [0.05, 0.1) is 18.4 Å². The lowest BCUT2D eigenvalue weighted by Crippen LogP contribution is -2.38. The summed E-state index contributed by atoms with van der Waals surface area (Å²) in [5.41, 5.74) is 1.81. The van der Waals surface area contributed by atoms with Crippen molar-refractivity contribution in [2.75, 3.05) is 56.4 Å². The molecule has 1 unspecified atom stereocenters. The summed E-state index contributed by atoms with van der Waals surface area (Å²) in [5.74, 6) is 1.85. The van der Waals surface area contributed by atoms with Crippen LogP contribution in [0.1, 0.15) is 40.0 Å². The van der Waals surface area contributed by atoms with Crippen molar-refractivity contribution in [3.05, 3.63) is 48.3 Å². The molecule has 6 nitrogen and oxygen atoms in total. The maximum Gasteiger partial charge on any atom is 0.146 e. The van der Waals surface area contributed by atoms with Crippen LogP contribution < -0.4 is 19.3 Å². The van der Waals surface area contributed by atoms with Crippen molar-refractivity contribution in [1.29, 1.82) is 0 Å². The number of methoxy groups -OCH3 is 1. The number of ether oxygens (including phenoxy) is 4. The molecule has 0 radical (unpaired) electrons. The topological polar surface area (TPSA) is 43.4 Å². The van der Waals surface area contributed by atoms with E-state index in [1.165, 1.54) is 11.8 Å². The summed E-state index contributed by atoms with van der Waals surface area (Å²) < 4.78 is 37.6. The van der Waals surface area contributed by atoms with Gasteiger partial charge >= 0.3 is 0 Å². The van der Waals surface area contributed by atoms with Crippen molar-refractivity contribution in [3.63, 3.8) is 0 Å². The molecule has 36 heavy (non-hydrogen) atoms. The number of nitrogens with zero attached hydrogens (tertiary/aromatic N) is 2. The van der Waals surface area contributed by atoms with Crippen molar-refractivity contribution >= 4 is 11.4 Å². The molecule has 198 valence electrons. The van der Waals surface area contributed by atoms with E-state index in [9.17, 15) is 4.39 Å². The molecule has 7 heteroatoms. The molecule has 0 N–H and O–H groups in total. The average molecular weight is 501 g/mol. The van der Waals surface area contributed by atoms with E-state index in [1.807, 2.05) is 6.92 Å². The largest absolute Gasteiger partial charge is 0.494 e. The lowest BCUT2D eigenvalue weighted by molar-refractivity contribution is 0.0277. The van der Waals surface area contributed by atoms with Crippen LogP contribution in [0.2, 0.25) is 0 Å². The van der Waals surface area contributed by atoms with Gasteiger partial charge in [0.2, 0.25) is 0 Å². The monoisotopic (exact) mass is 500 g/mol. The van der Waals surface area contributed by atoms with E-state index < -0.39 is 0 Å². The maximum atomic E-state index is 14.4. The molecule has 4 rings (SSSR count). The summed E-state index contributed by atoms with van der Waals surface area (Å²) in [6.45, 7) is 10.9. The molecule has 0 spiro atoms. The van der Waals surface area contributed by atoms with Crippen LogP contribution >= 0.6 is 0 Å².